The van der Waals surface area contributed by atoms with Crippen molar-refractivity contribution in [2.45, 2.75) is 50.6 Å². The quantitative estimate of drug-likeness (QED) is 0.676. The van der Waals surface area contributed by atoms with Gasteiger partial charge in [0.25, 0.3) is 0 Å². The molecule has 3 atom stereocenters. The summed E-state index contributed by atoms with van der Waals surface area (Å²) in [7, 11) is 0. The summed E-state index contributed by atoms with van der Waals surface area (Å²) in [5.74, 6) is -1.56. The number of amides is 2. The molecule has 7 nitrogen and oxygen atoms in total. The van der Waals surface area contributed by atoms with E-state index < -0.39 is 23.6 Å². The van der Waals surface area contributed by atoms with Gasteiger partial charge in [0.15, 0.2) is 0 Å². The number of carbonyl (C=O) groups is 3. The first-order valence-corrected chi connectivity index (χ1v) is 12.0. The predicted molar refractivity (Wildman–Crippen MR) is 126 cm³/mol. The van der Waals surface area contributed by atoms with Crippen molar-refractivity contribution in [2.24, 2.45) is 11.8 Å². The van der Waals surface area contributed by atoms with E-state index in [9.17, 15) is 19.5 Å². The second kappa shape index (κ2) is 8.46. The molecule has 34 heavy (non-hydrogen) atoms. The van der Waals surface area contributed by atoms with E-state index in [1.807, 2.05) is 31.2 Å². The SMILES string of the molecule is CC1CCN(C(=O)C(C)(NC(=O)OCC2c3ccccc3-c3ccccc32)C2CC2)C1C(=O)O. The van der Waals surface area contributed by atoms with Crippen LogP contribution >= 0.6 is 0 Å². The number of fused-ring (bicyclic) bond motifs is 3. The van der Waals surface area contributed by atoms with Crippen LogP contribution in [0.5, 0.6) is 0 Å². The first-order chi connectivity index (χ1) is 16.3. The highest BCUT2D eigenvalue weighted by Crippen LogP contribution is 2.45. The minimum atomic E-state index is -1.18. The van der Waals surface area contributed by atoms with Crippen molar-refractivity contribution in [3.05, 3.63) is 59.7 Å². The number of likely N-dealkylation sites (tertiary alicyclic amines) is 1. The number of carbonyl (C=O) groups excluding carboxylic acids is 2. The molecule has 2 aromatic rings. The number of hydrogen-bond donors (Lipinski definition) is 2. The molecule has 2 aromatic carbocycles. The maximum absolute atomic E-state index is 13.5. The number of nitrogens with one attached hydrogen (secondary N) is 1. The first kappa shape index (κ1) is 22.4. The molecule has 5 rings (SSSR count). The Hall–Kier alpha value is -3.35. The Bertz CT molecular complexity index is 1100. The van der Waals surface area contributed by atoms with E-state index in [0.717, 1.165) is 35.1 Å². The summed E-state index contributed by atoms with van der Waals surface area (Å²) in [5, 5.41) is 12.5. The second-order valence-corrected chi connectivity index (χ2v) is 9.97. The molecule has 3 unspecified atom stereocenters. The van der Waals surface area contributed by atoms with Crippen LogP contribution in [-0.2, 0) is 14.3 Å². The third kappa shape index (κ3) is 3.73. The number of nitrogens with zero attached hydrogens (tertiary/aromatic N) is 1. The predicted octanol–water partition coefficient (Wildman–Crippen LogP) is 4.02. The molecule has 1 saturated carbocycles. The molecule has 1 heterocycles. The van der Waals surface area contributed by atoms with E-state index in [4.69, 9.17) is 4.74 Å². The van der Waals surface area contributed by atoms with Crippen molar-refractivity contribution < 1.29 is 24.2 Å². The van der Waals surface area contributed by atoms with Gasteiger partial charge >= 0.3 is 12.1 Å². The van der Waals surface area contributed by atoms with Crippen LogP contribution in [0, 0.1) is 11.8 Å². The lowest BCUT2D eigenvalue weighted by molar-refractivity contribution is -0.152. The van der Waals surface area contributed by atoms with Crippen LogP contribution in [0.25, 0.3) is 11.1 Å². The number of benzene rings is 2. The Kier molecular flexibility index (Phi) is 5.58. The molecule has 2 fully saturated rings. The zero-order valence-corrected chi connectivity index (χ0v) is 19.5. The van der Waals surface area contributed by atoms with Gasteiger partial charge in [0.1, 0.15) is 18.2 Å². The molecule has 178 valence electrons. The first-order valence-electron chi connectivity index (χ1n) is 12.0. The van der Waals surface area contributed by atoms with Gasteiger partial charge in [-0.15, -0.1) is 0 Å². The lowest BCUT2D eigenvalue weighted by Crippen LogP contribution is -2.61. The number of alkyl carbamates (subject to hydrolysis) is 1. The highest BCUT2D eigenvalue weighted by molar-refractivity contribution is 5.93. The average molecular weight is 463 g/mol. The van der Waals surface area contributed by atoms with Gasteiger partial charge in [-0.1, -0.05) is 55.5 Å². The fourth-order valence-electron chi connectivity index (χ4n) is 5.69. The Morgan fingerprint density at radius 2 is 1.62 bits per heavy atom. The molecule has 2 amide bonds. The Morgan fingerprint density at radius 1 is 1.03 bits per heavy atom. The molecular formula is C27H30N2O5. The van der Waals surface area contributed by atoms with Crippen molar-refractivity contribution in [1.82, 2.24) is 10.2 Å². The molecule has 0 bridgehead atoms. The number of rotatable bonds is 6. The highest BCUT2D eigenvalue weighted by atomic mass is 16.5. The minimum Gasteiger partial charge on any atom is -0.480 e. The summed E-state index contributed by atoms with van der Waals surface area (Å²) in [6.45, 7) is 4.09. The van der Waals surface area contributed by atoms with E-state index >= 15 is 0 Å². The van der Waals surface area contributed by atoms with Crippen molar-refractivity contribution in [3.63, 3.8) is 0 Å². The smallest absolute Gasteiger partial charge is 0.408 e. The van der Waals surface area contributed by atoms with Gasteiger partial charge in [-0.3, -0.25) is 4.79 Å². The Morgan fingerprint density at radius 3 is 2.18 bits per heavy atom. The van der Waals surface area contributed by atoms with Crippen LogP contribution in [-0.4, -0.2) is 52.7 Å². The van der Waals surface area contributed by atoms with E-state index in [0.29, 0.717) is 13.0 Å². The summed E-state index contributed by atoms with van der Waals surface area (Å²) in [4.78, 5) is 39.7. The van der Waals surface area contributed by atoms with Crippen LogP contribution in [0.2, 0.25) is 0 Å². The normalized spacial score (nSPS) is 23.1. The van der Waals surface area contributed by atoms with Crippen molar-refractivity contribution >= 4 is 18.0 Å². The summed E-state index contributed by atoms with van der Waals surface area (Å²) >= 11 is 0. The Balaban J connectivity index is 1.31. The van der Waals surface area contributed by atoms with Crippen LogP contribution in [0.1, 0.15) is 50.2 Å². The minimum absolute atomic E-state index is 0.0224. The van der Waals surface area contributed by atoms with Crippen molar-refractivity contribution in [2.75, 3.05) is 13.2 Å². The highest BCUT2D eigenvalue weighted by Gasteiger charge is 2.53. The molecule has 2 aliphatic carbocycles. The third-order valence-electron chi connectivity index (χ3n) is 7.76. The molecule has 0 aromatic heterocycles. The maximum Gasteiger partial charge on any atom is 0.408 e. The van der Waals surface area contributed by atoms with Crippen LogP contribution in [0.3, 0.4) is 0 Å². The van der Waals surface area contributed by atoms with Gasteiger partial charge in [-0.2, -0.15) is 0 Å². The van der Waals surface area contributed by atoms with Crippen LogP contribution in [0.15, 0.2) is 48.5 Å². The number of hydrogen-bond acceptors (Lipinski definition) is 4. The summed E-state index contributed by atoms with van der Waals surface area (Å²) in [6.07, 6.45) is 1.61. The molecule has 2 N–H and O–H groups in total. The zero-order chi connectivity index (χ0) is 24.0. The largest absolute Gasteiger partial charge is 0.480 e. The summed E-state index contributed by atoms with van der Waals surface area (Å²) in [5.41, 5.74) is 3.35. The third-order valence-corrected chi connectivity index (χ3v) is 7.76. The molecule has 1 saturated heterocycles. The number of ether oxygens (including phenoxy) is 1. The fourth-order valence-corrected chi connectivity index (χ4v) is 5.69. The van der Waals surface area contributed by atoms with E-state index in [2.05, 4.69) is 29.6 Å². The van der Waals surface area contributed by atoms with Gasteiger partial charge < -0.3 is 20.1 Å². The van der Waals surface area contributed by atoms with E-state index in [1.165, 1.54) is 4.90 Å². The Labute approximate surface area is 199 Å². The van der Waals surface area contributed by atoms with E-state index in [-0.39, 0.29) is 30.3 Å². The van der Waals surface area contributed by atoms with Gasteiger partial charge in [-0.05, 0) is 60.3 Å². The standard InChI is InChI=1S/C27H30N2O5/c1-16-13-14-29(23(16)24(30)31)25(32)27(2,17-11-12-17)28-26(33)34-15-22-20-9-5-3-7-18(20)19-8-4-6-10-21(19)22/h3-10,16-17,22-23H,11-15H2,1-2H3,(H,28,33)(H,30,31). The van der Waals surface area contributed by atoms with Crippen molar-refractivity contribution in [3.8, 4) is 11.1 Å². The molecule has 1 aliphatic heterocycles. The number of carboxylic acids is 1. The molecular weight excluding hydrogens is 432 g/mol. The number of aliphatic carboxylic acids is 1. The number of carboxylic acid groups (broad SMARTS) is 1. The topological polar surface area (TPSA) is 95.9 Å². The molecule has 3 aliphatic rings. The fraction of sp³-hybridized carbons (Fsp3) is 0.444. The van der Waals surface area contributed by atoms with Gasteiger partial charge in [0.2, 0.25) is 5.91 Å². The molecule has 0 spiro atoms. The average Bonchev–Trinajstić information content (AvgIpc) is 3.54. The van der Waals surface area contributed by atoms with Crippen LogP contribution in [0.4, 0.5) is 4.79 Å². The van der Waals surface area contributed by atoms with Gasteiger partial charge in [-0.25, -0.2) is 9.59 Å². The molecule has 7 heteroatoms. The van der Waals surface area contributed by atoms with E-state index in [1.54, 1.807) is 6.92 Å². The second-order valence-electron chi connectivity index (χ2n) is 9.97. The monoisotopic (exact) mass is 462 g/mol. The summed E-state index contributed by atoms with van der Waals surface area (Å²) in [6, 6.07) is 15.4. The lowest BCUT2D eigenvalue weighted by Gasteiger charge is -2.35. The molecule has 0 radical (unpaired) electrons. The lowest BCUT2D eigenvalue weighted by atomic mass is 9.93. The van der Waals surface area contributed by atoms with Gasteiger partial charge in [0, 0.05) is 12.5 Å². The maximum atomic E-state index is 13.5. The van der Waals surface area contributed by atoms with Gasteiger partial charge in [0.05, 0.1) is 0 Å². The summed E-state index contributed by atoms with van der Waals surface area (Å²) < 4.78 is 5.68. The van der Waals surface area contributed by atoms with Crippen LogP contribution < -0.4 is 5.32 Å². The zero-order valence-electron chi connectivity index (χ0n) is 19.5. The van der Waals surface area contributed by atoms with Crippen molar-refractivity contribution in [1.29, 1.82) is 0 Å².